The van der Waals surface area contributed by atoms with Crippen LogP contribution in [0, 0.1) is 6.92 Å². The summed E-state index contributed by atoms with van der Waals surface area (Å²) in [5.74, 6) is -0.471. The largest absolute Gasteiger partial charge is 0.481 e. The number of carboxylic acids is 1. The minimum absolute atomic E-state index is 0.147. The molecule has 0 saturated carbocycles. The van der Waals surface area contributed by atoms with Gasteiger partial charge < -0.3 is 19.6 Å². The molecule has 3 rings (SSSR count). The van der Waals surface area contributed by atoms with Crippen LogP contribution in [0.4, 0.5) is 0 Å². The zero-order valence-corrected chi connectivity index (χ0v) is 16.9. The highest BCUT2D eigenvalue weighted by molar-refractivity contribution is 5.89. The Kier molecular flexibility index (Phi) is 6.56. The summed E-state index contributed by atoms with van der Waals surface area (Å²) in [6.07, 6.45) is 3.92. The Morgan fingerprint density at radius 1 is 1.21 bits per heavy atom. The molecule has 0 radical (unpaired) electrons. The van der Waals surface area contributed by atoms with Crippen molar-refractivity contribution in [1.29, 1.82) is 0 Å². The number of aryl methyl sites for hydroxylation is 2. The van der Waals surface area contributed by atoms with Crippen molar-refractivity contribution in [1.82, 2.24) is 5.32 Å². The first-order chi connectivity index (χ1) is 13.9. The van der Waals surface area contributed by atoms with E-state index in [0.29, 0.717) is 36.3 Å². The normalized spacial score (nSPS) is 13.9. The Bertz CT molecular complexity index is 977. The lowest BCUT2D eigenvalue weighted by molar-refractivity contribution is -0.137. The number of nitrogens with one attached hydrogen (secondary N) is 1. The van der Waals surface area contributed by atoms with Crippen molar-refractivity contribution in [2.24, 2.45) is 0 Å². The van der Waals surface area contributed by atoms with Crippen molar-refractivity contribution in [3.05, 3.63) is 39.2 Å². The van der Waals surface area contributed by atoms with E-state index in [2.05, 4.69) is 5.32 Å². The summed E-state index contributed by atoms with van der Waals surface area (Å²) < 4.78 is 11.5. The number of rotatable bonds is 9. The second kappa shape index (κ2) is 9.11. The van der Waals surface area contributed by atoms with Crippen LogP contribution in [0.15, 0.2) is 21.3 Å². The number of fused-ring (bicyclic) bond motifs is 3. The molecular formula is C22H27NO6. The average molecular weight is 401 g/mol. The van der Waals surface area contributed by atoms with Crippen LogP contribution in [0.2, 0.25) is 0 Å². The molecular weight excluding hydrogens is 374 g/mol. The van der Waals surface area contributed by atoms with Gasteiger partial charge in [0.25, 0.3) is 5.91 Å². The number of aliphatic carboxylic acids is 1. The lowest BCUT2D eigenvalue weighted by Crippen LogP contribution is -2.36. The summed E-state index contributed by atoms with van der Waals surface area (Å²) >= 11 is 0. The van der Waals surface area contributed by atoms with Gasteiger partial charge in [-0.25, -0.2) is 4.79 Å². The van der Waals surface area contributed by atoms with Crippen LogP contribution in [-0.4, -0.2) is 29.6 Å². The van der Waals surface area contributed by atoms with Gasteiger partial charge in [0.15, 0.2) is 6.10 Å². The summed E-state index contributed by atoms with van der Waals surface area (Å²) in [5.41, 5.74) is 2.79. The van der Waals surface area contributed by atoms with Crippen LogP contribution in [-0.2, 0) is 22.4 Å². The maximum absolute atomic E-state index is 12.4. The van der Waals surface area contributed by atoms with Crippen LogP contribution in [0.1, 0.15) is 55.7 Å². The molecule has 0 saturated heterocycles. The monoisotopic (exact) mass is 401 g/mol. The maximum atomic E-state index is 12.4. The molecule has 1 amide bonds. The summed E-state index contributed by atoms with van der Waals surface area (Å²) in [6, 6.07) is 3.70. The van der Waals surface area contributed by atoms with Gasteiger partial charge in [0.2, 0.25) is 0 Å². The lowest BCUT2D eigenvalue weighted by atomic mass is 10.0. The van der Waals surface area contributed by atoms with E-state index in [1.54, 1.807) is 6.92 Å². The third-order valence-electron chi connectivity index (χ3n) is 5.22. The van der Waals surface area contributed by atoms with Crippen LogP contribution in [0.5, 0.6) is 5.75 Å². The van der Waals surface area contributed by atoms with Crippen LogP contribution < -0.4 is 15.7 Å². The number of carbonyl (C=O) groups is 2. The third kappa shape index (κ3) is 4.96. The molecule has 0 aliphatic heterocycles. The molecule has 0 spiro atoms. The van der Waals surface area contributed by atoms with Gasteiger partial charge in [-0.2, -0.15) is 0 Å². The molecule has 1 atom stereocenters. The van der Waals surface area contributed by atoms with Gasteiger partial charge in [0.05, 0.1) is 5.39 Å². The van der Waals surface area contributed by atoms with Crippen molar-refractivity contribution >= 4 is 22.8 Å². The van der Waals surface area contributed by atoms with Gasteiger partial charge in [-0.05, 0) is 69.2 Å². The number of carboxylic acid groups (broad SMARTS) is 1. The molecule has 1 aromatic heterocycles. The van der Waals surface area contributed by atoms with E-state index < -0.39 is 12.1 Å². The molecule has 1 heterocycles. The fourth-order valence-corrected chi connectivity index (χ4v) is 3.78. The molecule has 7 nitrogen and oxygen atoms in total. The van der Waals surface area contributed by atoms with Crippen LogP contribution in [0.25, 0.3) is 11.0 Å². The Labute approximate surface area is 169 Å². The molecule has 156 valence electrons. The quantitative estimate of drug-likeness (QED) is 0.494. The third-order valence-corrected chi connectivity index (χ3v) is 5.22. The number of hydrogen-bond acceptors (Lipinski definition) is 5. The van der Waals surface area contributed by atoms with Gasteiger partial charge in [0, 0.05) is 18.5 Å². The van der Waals surface area contributed by atoms with Crippen molar-refractivity contribution in [2.75, 3.05) is 6.54 Å². The van der Waals surface area contributed by atoms with Crippen molar-refractivity contribution in [3.63, 3.8) is 0 Å². The molecule has 7 heteroatoms. The summed E-state index contributed by atoms with van der Waals surface area (Å²) in [7, 11) is 0. The Morgan fingerprint density at radius 3 is 2.72 bits per heavy atom. The first-order valence-corrected chi connectivity index (χ1v) is 10.1. The molecule has 0 bridgehead atoms. The van der Waals surface area contributed by atoms with Crippen LogP contribution in [0.3, 0.4) is 0 Å². The van der Waals surface area contributed by atoms with Gasteiger partial charge in [-0.1, -0.05) is 6.42 Å². The second-order valence-electron chi connectivity index (χ2n) is 7.59. The van der Waals surface area contributed by atoms with E-state index in [4.69, 9.17) is 14.3 Å². The zero-order chi connectivity index (χ0) is 21.0. The predicted molar refractivity (Wildman–Crippen MR) is 108 cm³/mol. The van der Waals surface area contributed by atoms with Crippen LogP contribution >= 0.6 is 0 Å². The van der Waals surface area contributed by atoms with E-state index in [1.165, 1.54) is 0 Å². The molecule has 1 unspecified atom stereocenters. The van der Waals surface area contributed by atoms with E-state index >= 15 is 0 Å². The molecule has 29 heavy (non-hydrogen) atoms. The van der Waals surface area contributed by atoms with Crippen molar-refractivity contribution < 1.29 is 23.8 Å². The summed E-state index contributed by atoms with van der Waals surface area (Å²) in [4.78, 5) is 35.1. The second-order valence-corrected chi connectivity index (χ2v) is 7.59. The van der Waals surface area contributed by atoms with Crippen molar-refractivity contribution in [3.8, 4) is 5.75 Å². The summed E-state index contributed by atoms with van der Waals surface area (Å²) in [5, 5.41) is 12.2. The molecule has 2 N–H and O–H groups in total. The lowest BCUT2D eigenvalue weighted by Gasteiger charge is -2.18. The number of amides is 1. The number of unbranched alkanes of at least 4 members (excludes halogenated alkanes) is 2. The Morgan fingerprint density at radius 2 is 1.97 bits per heavy atom. The van der Waals surface area contributed by atoms with Gasteiger partial charge >= 0.3 is 11.6 Å². The minimum atomic E-state index is -0.802. The average Bonchev–Trinajstić information content (AvgIpc) is 3.14. The molecule has 1 aliphatic rings. The zero-order valence-electron chi connectivity index (χ0n) is 16.9. The predicted octanol–water partition coefficient (Wildman–Crippen LogP) is 3.12. The highest BCUT2D eigenvalue weighted by atomic mass is 16.5. The van der Waals surface area contributed by atoms with E-state index in [-0.39, 0.29) is 18.0 Å². The summed E-state index contributed by atoms with van der Waals surface area (Å²) in [6.45, 7) is 4.06. The van der Waals surface area contributed by atoms with Gasteiger partial charge in [-0.15, -0.1) is 0 Å². The van der Waals surface area contributed by atoms with Gasteiger partial charge in [-0.3, -0.25) is 9.59 Å². The van der Waals surface area contributed by atoms with Crippen molar-refractivity contribution in [2.45, 2.75) is 64.9 Å². The first kappa shape index (κ1) is 20.9. The SMILES string of the molecule is Cc1cc(OC(C)C(=O)NCCCCCC(=O)O)c2c3c(c(=O)oc2c1)CCC3. The smallest absolute Gasteiger partial charge is 0.339 e. The first-order valence-electron chi connectivity index (χ1n) is 10.1. The molecule has 2 aromatic rings. The van der Waals surface area contributed by atoms with Gasteiger partial charge in [0.1, 0.15) is 11.3 Å². The number of benzene rings is 1. The molecule has 1 aliphatic carbocycles. The molecule has 1 aromatic carbocycles. The number of carbonyl (C=O) groups excluding carboxylic acids is 1. The van der Waals surface area contributed by atoms with E-state index in [1.807, 2.05) is 19.1 Å². The number of ether oxygens (including phenoxy) is 1. The van der Waals surface area contributed by atoms with E-state index in [0.717, 1.165) is 42.2 Å². The number of hydrogen-bond donors (Lipinski definition) is 2. The highest BCUT2D eigenvalue weighted by Gasteiger charge is 2.24. The fourth-order valence-electron chi connectivity index (χ4n) is 3.78. The Balaban J connectivity index is 1.68. The Hall–Kier alpha value is -2.83. The topological polar surface area (TPSA) is 106 Å². The minimum Gasteiger partial charge on any atom is -0.481 e. The maximum Gasteiger partial charge on any atom is 0.339 e. The fraction of sp³-hybridized carbons (Fsp3) is 0.500. The standard InChI is InChI=1S/C22H27NO6/c1-13-11-17(20-15-7-6-8-16(15)22(27)29-18(20)12-13)28-14(2)21(26)23-10-5-3-4-9-19(24)25/h11-12,14H,3-10H2,1-2H3,(H,23,26)(H,24,25). The highest BCUT2D eigenvalue weighted by Crippen LogP contribution is 2.35. The van der Waals surface area contributed by atoms with E-state index in [9.17, 15) is 14.4 Å². The molecule has 0 fully saturated rings.